The van der Waals surface area contributed by atoms with Gasteiger partial charge in [-0.1, -0.05) is 77.0 Å². The Hall–Kier alpha value is -0.0800. The van der Waals surface area contributed by atoms with Crippen LogP contribution in [0.5, 0.6) is 0 Å². The van der Waals surface area contributed by atoms with Crippen LogP contribution in [-0.2, 0) is 0 Å². The average molecular weight is 914 g/mol. The van der Waals surface area contributed by atoms with Gasteiger partial charge >= 0.3 is 0 Å². The predicted octanol–water partition coefficient (Wildman–Crippen LogP) is 16.5. The van der Waals surface area contributed by atoms with Crippen LogP contribution in [-0.4, -0.2) is 46.1 Å². The Bertz CT molecular complexity index is 1500. The smallest absolute Gasteiger partial charge is 0.0104 e. The van der Waals surface area contributed by atoms with Crippen LogP contribution < -0.4 is 0 Å². The Morgan fingerprint density at radius 2 is 0.328 bits per heavy atom. The molecule has 0 aromatic carbocycles. The molecule has 0 bridgehead atoms. The summed E-state index contributed by atoms with van der Waals surface area (Å²) < 4.78 is 0. The third kappa shape index (κ3) is 7.79. The Kier molecular flexibility index (Phi) is 12.2. The molecule has 15 aliphatic carbocycles. The summed E-state index contributed by atoms with van der Waals surface area (Å²) in [5.41, 5.74) is 0. The van der Waals surface area contributed by atoms with Gasteiger partial charge in [0.25, 0.3) is 0 Å². The quantitative estimate of drug-likeness (QED) is 0.262. The lowest BCUT2D eigenvalue weighted by Crippen LogP contribution is -2.55. The molecule has 2 heteroatoms. The molecule has 15 fully saturated rings. The summed E-state index contributed by atoms with van der Waals surface area (Å²) in [5.74, 6) is 22.1. The largest absolute Gasteiger partial charge is 0.294 e. The second kappa shape index (κ2) is 18.4. The minimum absolute atomic E-state index is 0.930. The molecule has 0 amide bonds. The molecular weight excluding hydrogens is 809 g/mol. The minimum Gasteiger partial charge on any atom is -0.294 e. The fourth-order valence-electron chi connectivity index (χ4n) is 26.3. The van der Waals surface area contributed by atoms with Gasteiger partial charge in [-0.3, -0.25) is 9.80 Å². The lowest BCUT2D eigenvalue weighted by molar-refractivity contribution is -0.0344. The Morgan fingerprint density at radius 3 is 0.552 bits per heavy atom. The molecule has 0 radical (unpaired) electrons. The van der Waals surface area contributed by atoms with Crippen molar-refractivity contribution in [1.29, 1.82) is 0 Å². The van der Waals surface area contributed by atoms with Gasteiger partial charge in [-0.05, 0) is 292 Å². The van der Waals surface area contributed by atoms with Crippen molar-refractivity contribution < 1.29 is 0 Å². The number of hydrogen-bond donors (Lipinski definition) is 0. The van der Waals surface area contributed by atoms with Gasteiger partial charge in [0.1, 0.15) is 0 Å². The third-order valence-electron chi connectivity index (χ3n) is 28.3. The highest BCUT2D eigenvalue weighted by Gasteiger charge is 2.57. The molecule has 0 N–H and O–H groups in total. The molecule has 26 unspecified atom stereocenters. The van der Waals surface area contributed by atoms with Crippen molar-refractivity contribution in [2.75, 3.05) is 0 Å². The normalized spacial score (nSPS) is 56.7. The van der Waals surface area contributed by atoms with Gasteiger partial charge in [0.2, 0.25) is 0 Å². The molecule has 374 valence electrons. The third-order valence-corrected chi connectivity index (χ3v) is 28.3. The van der Waals surface area contributed by atoms with E-state index in [1.54, 1.807) is 250 Å². The summed E-state index contributed by atoms with van der Waals surface area (Å²) in [6.45, 7) is 0. The summed E-state index contributed by atoms with van der Waals surface area (Å²) in [7, 11) is 0. The van der Waals surface area contributed by atoms with Crippen LogP contribution in [0, 0.1) is 118 Å². The van der Waals surface area contributed by atoms with Gasteiger partial charge < -0.3 is 0 Å². The summed E-state index contributed by atoms with van der Waals surface area (Å²) in [6, 6.07) is 5.61. The predicted molar refractivity (Wildman–Crippen MR) is 276 cm³/mol. The molecule has 15 saturated carbocycles. The molecule has 0 spiro atoms. The molecule has 0 aliphatic heterocycles. The maximum Gasteiger partial charge on any atom is 0.0104 e. The second-order valence-corrected chi connectivity index (χ2v) is 30.3. The van der Waals surface area contributed by atoms with Gasteiger partial charge in [0, 0.05) is 36.3 Å². The van der Waals surface area contributed by atoms with Crippen LogP contribution >= 0.6 is 0 Å². The number of hydrogen-bond acceptors (Lipinski definition) is 2. The van der Waals surface area contributed by atoms with E-state index in [2.05, 4.69) is 9.80 Å². The van der Waals surface area contributed by atoms with Gasteiger partial charge in [-0.2, -0.15) is 0 Å². The van der Waals surface area contributed by atoms with E-state index in [1.807, 2.05) is 0 Å². The summed E-state index contributed by atoms with van der Waals surface area (Å²) in [6.07, 6.45) is 62.4. The van der Waals surface area contributed by atoms with Crippen LogP contribution in [0.15, 0.2) is 0 Å². The van der Waals surface area contributed by atoms with E-state index in [4.69, 9.17) is 0 Å². The van der Waals surface area contributed by atoms with Crippen LogP contribution in [0.4, 0.5) is 0 Å². The van der Waals surface area contributed by atoms with E-state index in [1.165, 1.54) is 0 Å². The fourth-order valence-corrected chi connectivity index (χ4v) is 26.3. The molecule has 2 nitrogen and oxygen atoms in total. The molecule has 0 aromatic heterocycles. The first-order chi connectivity index (χ1) is 33.1. The van der Waals surface area contributed by atoms with Crippen LogP contribution in [0.2, 0.25) is 0 Å². The van der Waals surface area contributed by atoms with E-state index >= 15 is 0 Å². The van der Waals surface area contributed by atoms with Crippen molar-refractivity contribution in [2.24, 2.45) is 118 Å². The molecular formula is C65H104N2. The zero-order valence-corrected chi connectivity index (χ0v) is 43.5. The zero-order valence-electron chi connectivity index (χ0n) is 43.5. The summed E-state index contributed by atoms with van der Waals surface area (Å²) in [5, 5.41) is 0. The van der Waals surface area contributed by atoms with Gasteiger partial charge in [-0.15, -0.1) is 0 Å². The maximum atomic E-state index is 3.50. The number of rotatable bonds is 6. The van der Waals surface area contributed by atoms with Crippen molar-refractivity contribution >= 4 is 0 Å². The molecule has 67 heavy (non-hydrogen) atoms. The Balaban J connectivity index is 0.662. The lowest BCUT2D eigenvalue weighted by atomic mass is 9.67. The highest BCUT2D eigenvalue weighted by atomic mass is 15.2. The molecule has 0 saturated heterocycles. The average Bonchev–Trinajstić information content (AvgIpc) is 4.19. The van der Waals surface area contributed by atoms with Crippen molar-refractivity contribution in [3.8, 4) is 0 Å². The first-order valence-electron chi connectivity index (χ1n) is 32.7. The van der Waals surface area contributed by atoms with Crippen LogP contribution in [0.3, 0.4) is 0 Å². The van der Waals surface area contributed by atoms with Crippen molar-refractivity contribution in [3.05, 3.63) is 0 Å². The fraction of sp³-hybridized carbons (Fsp3) is 1.00. The van der Waals surface area contributed by atoms with Crippen LogP contribution in [0.1, 0.15) is 250 Å². The summed E-state index contributed by atoms with van der Waals surface area (Å²) in [4.78, 5) is 7.01. The zero-order chi connectivity index (χ0) is 43.7. The highest BCUT2D eigenvalue weighted by molar-refractivity contribution is 5.09. The Morgan fingerprint density at radius 1 is 0.149 bits per heavy atom. The first-order valence-corrected chi connectivity index (χ1v) is 32.7. The van der Waals surface area contributed by atoms with Crippen molar-refractivity contribution in [2.45, 2.75) is 287 Å². The molecule has 15 aliphatic rings. The molecule has 0 aromatic rings. The molecule has 26 atom stereocenters. The molecule has 0 heterocycles. The van der Waals surface area contributed by atoms with E-state index in [-0.39, 0.29) is 0 Å². The first kappa shape index (κ1) is 44.4. The van der Waals surface area contributed by atoms with Crippen molar-refractivity contribution in [1.82, 2.24) is 9.80 Å². The van der Waals surface area contributed by atoms with Crippen molar-refractivity contribution in [3.63, 3.8) is 0 Å². The standard InChI is InChI=1S/C65H104N2/c1-5-13-56-40(9-1)29-44-34-50(17-23-60(44)56)66(51-18-24-61-45(35-51)30-41-10-2-6-14-57(41)61)54-21-27-64-48(38-54)33-49-39-55(22-28-65(49)64)67(52-19-25-62-46(36-52)31-42-11-3-7-15-58(42)62)53-20-26-63-47(37-53)32-43-12-4-8-16-59(43)63/h40-65H,1-39H2. The van der Waals surface area contributed by atoms with E-state index in [9.17, 15) is 0 Å². The van der Waals surface area contributed by atoms with E-state index in [0.717, 1.165) is 155 Å². The SMILES string of the molecule is C1CCC2C(C1)CC1CC(N(C3CCC4C(CC5CCCCC54)C3)C3CCC4C(CC5CC(N(C6CCC7C(CC8CCCCC87)C6)C6CCC7C(CC8CCCCC87)C6)CCC54)C3)CCC12. The second-order valence-electron chi connectivity index (χ2n) is 30.3. The maximum absolute atomic E-state index is 3.50. The lowest BCUT2D eigenvalue weighted by Gasteiger charge is -2.53. The number of nitrogens with zero attached hydrogens (tertiary/aromatic N) is 2. The summed E-state index contributed by atoms with van der Waals surface area (Å²) >= 11 is 0. The molecule has 15 rings (SSSR count). The number of fused-ring (bicyclic) bond motifs is 15. The topological polar surface area (TPSA) is 6.48 Å². The van der Waals surface area contributed by atoms with Gasteiger partial charge in [0.05, 0.1) is 0 Å². The van der Waals surface area contributed by atoms with E-state index < -0.39 is 0 Å². The van der Waals surface area contributed by atoms with E-state index in [0.29, 0.717) is 0 Å². The van der Waals surface area contributed by atoms with Gasteiger partial charge in [0.15, 0.2) is 0 Å². The Labute approximate surface area is 413 Å². The minimum atomic E-state index is 0.930. The van der Waals surface area contributed by atoms with Gasteiger partial charge in [-0.25, -0.2) is 0 Å². The van der Waals surface area contributed by atoms with Crippen LogP contribution in [0.25, 0.3) is 0 Å². The highest BCUT2D eigenvalue weighted by Crippen LogP contribution is 2.62. The monoisotopic (exact) mass is 913 g/mol.